The summed E-state index contributed by atoms with van der Waals surface area (Å²) in [6.45, 7) is 1.84. The second-order valence-electron chi connectivity index (χ2n) is 4.61. The van der Waals surface area contributed by atoms with Crippen molar-refractivity contribution in [3.05, 3.63) is 53.3 Å². The number of nitrogens with one attached hydrogen (secondary N) is 1. The number of fused-ring (bicyclic) bond motifs is 1. The quantitative estimate of drug-likeness (QED) is 0.767. The molecule has 2 N–H and O–H groups in total. The minimum Gasteiger partial charge on any atom is -0.478 e. The Morgan fingerprint density at radius 3 is 2.86 bits per heavy atom. The van der Waals surface area contributed by atoms with Gasteiger partial charge in [-0.1, -0.05) is 6.07 Å². The van der Waals surface area contributed by atoms with Crippen LogP contribution in [0.25, 0.3) is 11.1 Å². The van der Waals surface area contributed by atoms with Gasteiger partial charge in [0.2, 0.25) is 0 Å². The van der Waals surface area contributed by atoms with Gasteiger partial charge in [-0.05, 0) is 42.8 Å². The molecule has 106 valence electrons. The molecule has 0 unspecified atom stereocenters. The summed E-state index contributed by atoms with van der Waals surface area (Å²) in [6, 6.07) is 9.10. The third-order valence-electron chi connectivity index (χ3n) is 3.00. The van der Waals surface area contributed by atoms with E-state index in [1.807, 2.05) is 6.92 Å². The summed E-state index contributed by atoms with van der Waals surface area (Å²) in [7, 11) is 0. The average Bonchev–Trinajstić information content (AvgIpc) is 2.84. The van der Waals surface area contributed by atoms with Gasteiger partial charge in [0.25, 0.3) is 6.01 Å². The summed E-state index contributed by atoms with van der Waals surface area (Å²) in [4.78, 5) is 15.0. The first-order valence-electron chi connectivity index (χ1n) is 6.20. The monoisotopic (exact) mass is 286 g/mol. The molecule has 1 heterocycles. The average molecular weight is 286 g/mol. The molecule has 0 aliphatic carbocycles. The molecule has 21 heavy (non-hydrogen) atoms. The SMILES string of the molecule is Cc1ccc(F)c(Nc2nc3ccc(C(=O)O)cc3o2)c1. The maximum atomic E-state index is 13.7. The number of aromatic carboxylic acids is 1. The number of nitrogens with zero attached hydrogens (tertiary/aromatic N) is 1. The zero-order valence-corrected chi connectivity index (χ0v) is 11.1. The Kier molecular flexibility index (Phi) is 3.06. The molecule has 0 atom stereocenters. The Hall–Kier alpha value is -2.89. The van der Waals surface area contributed by atoms with Crippen LogP contribution in [0.1, 0.15) is 15.9 Å². The highest BCUT2D eigenvalue weighted by atomic mass is 19.1. The predicted molar refractivity (Wildman–Crippen MR) is 75.4 cm³/mol. The number of hydrogen-bond acceptors (Lipinski definition) is 4. The maximum absolute atomic E-state index is 13.7. The lowest BCUT2D eigenvalue weighted by molar-refractivity contribution is 0.0697. The molecule has 0 amide bonds. The second kappa shape index (κ2) is 4.90. The van der Waals surface area contributed by atoms with E-state index in [4.69, 9.17) is 9.52 Å². The first-order valence-corrected chi connectivity index (χ1v) is 6.20. The van der Waals surface area contributed by atoms with E-state index >= 15 is 0 Å². The van der Waals surface area contributed by atoms with Gasteiger partial charge in [0.05, 0.1) is 11.3 Å². The zero-order valence-electron chi connectivity index (χ0n) is 11.1. The number of carbonyl (C=O) groups is 1. The second-order valence-corrected chi connectivity index (χ2v) is 4.61. The van der Waals surface area contributed by atoms with E-state index in [0.717, 1.165) is 5.56 Å². The minimum atomic E-state index is -1.05. The van der Waals surface area contributed by atoms with Crippen LogP contribution < -0.4 is 5.32 Å². The normalized spacial score (nSPS) is 10.8. The van der Waals surface area contributed by atoms with Crippen molar-refractivity contribution in [1.29, 1.82) is 0 Å². The van der Waals surface area contributed by atoms with Crippen LogP contribution in [0.2, 0.25) is 0 Å². The van der Waals surface area contributed by atoms with Crippen molar-refractivity contribution in [3.63, 3.8) is 0 Å². The molecule has 0 aliphatic heterocycles. The lowest BCUT2D eigenvalue weighted by Crippen LogP contribution is -1.94. The van der Waals surface area contributed by atoms with Gasteiger partial charge < -0.3 is 14.8 Å². The van der Waals surface area contributed by atoms with Crippen molar-refractivity contribution in [3.8, 4) is 0 Å². The van der Waals surface area contributed by atoms with E-state index in [1.165, 1.54) is 18.2 Å². The first-order chi connectivity index (χ1) is 10.0. The number of anilines is 2. The van der Waals surface area contributed by atoms with E-state index < -0.39 is 11.8 Å². The van der Waals surface area contributed by atoms with Crippen LogP contribution >= 0.6 is 0 Å². The van der Waals surface area contributed by atoms with Gasteiger partial charge in [0.15, 0.2) is 5.58 Å². The van der Waals surface area contributed by atoms with Crippen LogP contribution in [0, 0.1) is 12.7 Å². The van der Waals surface area contributed by atoms with Gasteiger partial charge in [-0.25, -0.2) is 9.18 Å². The minimum absolute atomic E-state index is 0.104. The Morgan fingerprint density at radius 1 is 1.29 bits per heavy atom. The van der Waals surface area contributed by atoms with Gasteiger partial charge >= 0.3 is 5.97 Å². The summed E-state index contributed by atoms with van der Waals surface area (Å²) in [5.74, 6) is -1.47. The van der Waals surface area contributed by atoms with Gasteiger partial charge in [0, 0.05) is 0 Å². The van der Waals surface area contributed by atoms with Crippen molar-refractivity contribution in [2.75, 3.05) is 5.32 Å². The summed E-state index contributed by atoms with van der Waals surface area (Å²) >= 11 is 0. The topological polar surface area (TPSA) is 75.4 Å². The predicted octanol–water partition coefficient (Wildman–Crippen LogP) is 3.72. The van der Waals surface area contributed by atoms with Crippen molar-refractivity contribution >= 4 is 28.8 Å². The van der Waals surface area contributed by atoms with Crippen LogP contribution in [0.5, 0.6) is 0 Å². The van der Waals surface area contributed by atoms with Crippen molar-refractivity contribution in [2.24, 2.45) is 0 Å². The molecule has 3 rings (SSSR count). The molecule has 0 bridgehead atoms. The molecule has 0 aliphatic rings. The third-order valence-corrected chi connectivity index (χ3v) is 3.00. The standard InChI is InChI=1S/C15H11FN2O3/c1-8-2-4-10(16)12(6-8)18-15-17-11-5-3-9(14(19)20)7-13(11)21-15/h2-7H,1H3,(H,17,18)(H,19,20). The summed E-state index contributed by atoms with van der Waals surface area (Å²) in [6.07, 6.45) is 0. The molecular weight excluding hydrogens is 275 g/mol. The maximum Gasteiger partial charge on any atom is 0.335 e. The molecule has 6 heteroatoms. The Balaban J connectivity index is 1.97. The van der Waals surface area contributed by atoms with Crippen molar-refractivity contribution < 1.29 is 18.7 Å². The molecule has 2 aromatic carbocycles. The molecule has 0 saturated heterocycles. The molecule has 1 aromatic heterocycles. The van der Waals surface area contributed by atoms with Gasteiger partial charge in [0.1, 0.15) is 11.3 Å². The van der Waals surface area contributed by atoms with E-state index in [9.17, 15) is 9.18 Å². The molecule has 5 nitrogen and oxygen atoms in total. The van der Waals surface area contributed by atoms with E-state index in [1.54, 1.807) is 18.2 Å². The summed E-state index contributed by atoms with van der Waals surface area (Å²) < 4.78 is 19.1. The lowest BCUT2D eigenvalue weighted by atomic mass is 10.2. The number of oxazole rings is 1. The van der Waals surface area contributed by atoms with Crippen molar-refractivity contribution in [2.45, 2.75) is 6.92 Å². The molecule has 0 spiro atoms. The molecular formula is C15H11FN2O3. The van der Waals surface area contributed by atoms with Crippen molar-refractivity contribution in [1.82, 2.24) is 4.98 Å². The van der Waals surface area contributed by atoms with E-state index in [0.29, 0.717) is 11.1 Å². The largest absolute Gasteiger partial charge is 0.478 e. The Bertz CT molecular complexity index is 842. The van der Waals surface area contributed by atoms with E-state index in [-0.39, 0.29) is 17.3 Å². The fraction of sp³-hybridized carbons (Fsp3) is 0.0667. The molecule has 0 saturated carbocycles. The number of aryl methyl sites for hydroxylation is 1. The Labute approximate surface area is 119 Å². The highest BCUT2D eigenvalue weighted by molar-refractivity contribution is 5.92. The number of carboxylic acid groups (broad SMARTS) is 1. The van der Waals surface area contributed by atoms with Crippen LogP contribution in [0.15, 0.2) is 40.8 Å². The number of hydrogen-bond donors (Lipinski definition) is 2. The smallest absolute Gasteiger partial charge is 0.335 e. The fourth-order valence-electron chi connectivity index (χ4n) is 1.96. The highest BCUT2D eigenvalue weighted by Gasteiger charge is 2.11. The van der Waals surface area contributed by atoms with Crippen LogP contribution in [-0.4, -0.2) is 16.1 Å². The van der Waals surface area contributed by atoms with Crippen LogP contribution in [0.3, 0.4) is 0 Å². The number of aromatic nitrogens is 1. The zero-order chi connectivity index (χ0) is 15.0. The number of halogens is 1. The summed E-state index contributed by atoms with van der Waals surface area (Å²) in [5, 5.41) is 11.7. The molecule has 0 fully saturated rings. The van der Waals surface area contributed by atoms with E-state index in [2.05, 4.69) is 10.3 Å². The van der Waals surface area contributed by atoms with Gasteiger partial charge in [-0.15, -0.1) is 0 Å². The van der Waals surface area contributed by atoms with Crippen LogP contribution in [-0.2, 0) is 0 Å². The Morgan fingerprint density at radius 2 is 2.10 bits per heavy atom. The number of rotatable bonds is 3. The van der Waals surface area contributed by atoms with Gasteiger partial charge in [-0.3, -0.25) is 0 Å². The molecule has 0 radical (unpaired) electrons. The number of benzene rings is 2. The lowest BCUT2D eigenvalue weighted by Gasteiger charge is -2.03. The van der Waals surface area contributed by atoms with Gasteiger partial charge in [-0.2, -0.15) is 4.98 Å². The fourth-order valence-corrected chi connectivity index (χ4v) is 1.96. The number of carboxylic acids is 1. The molecule has 3 aromatic rings. The third kappa shape index (κ3) is 2.55. The summed E-state index contributed by atoms with van der Waals surface area (Å²) in [5.41, 5.74) is 2.07. The van der Waals surface area contributed by atoms with Crippen LogP contribution in [0.4, 0.5) is 16.1 Å². The first kappa shape index (κ1) is 13.1. The highest BCUT2D eigenvalue weighted by Crippen LogP contribution is 2.25.